The predicted molar refractivity (Wildman–Crippen MR) is 65.0 cm³/mol. The molecule has 0 saturated carbocycles. The molecule has 5 nitrogen and oxygen atoms in total. The number of phenolic OH excluding ortho intramolecular Hbond substituents is 1. The summed E-state index contributed by atoms with van der Waals surface area (Å²) in [6.45, 7) is 0.909. The molecule has 0 aliphatic carbocycles. The van der Waals surface area contributed by atoms with Crippen LogP contribution in [0.4, 0.5) is 0 Å². The fraction of sp³-hybridized carbons (Fsp3) is 0.462. The van der Waals surface area contributed by atoms with Gasteiger partial charge in [0.15, 0.2) is 0 Å². The summed E-state index contributed by atoms with van der Waals surface area (Å²) in [5.74, 6) is 0.0999. The second kappa shape index (κ2) is 5.84. The monoisotopic (exact) mass is 251 g/mol. The number of carbonyl (C=O) groups is 1. The van der Waals surface area contributed by atoms with Crippen molar-refractivity contribution in [1.82, 2.24) is 4.90 Å². The smallest absolute Gasteiger partial charge is 0.248 e. The van der Waals surface area contributed by atoms with Gasteiger partial charge < -0.3 is 19.8 Å². The van der Waals surface area contributed by atoms with Crippen LogP contribution in [-0.2, 0) is 16.1 Å². The number of carbonyl (C=O) groups excluding carboxylic acids is 1. The van der Waals surface area contributed by atoms with E-state index in [2.05, 4.69) is 0 Å². The van der Waals surface area contributed by atoms with Gasteiger partial charge in [-0.25, -0.2) is 0 Å². The number of hydrogen-bond acceptors (Lipinski definition) is 4. The van der Waals surface area contributed by atoms with Crippen molar-refractivity contribution in [2.75, 3.05) is 19.8 Å². The largest absolute Gasteiger partial charge is 0.508 e. The lowest BCUT2D eigenvalue weighted by Gasteiger charge is -2.32. The van der Waals surface area contributed by atoms with Crippen LogP contribution in [0.2, 0.25) is 0 Å². The summed E-state index contributed by atoms with van der Waals surface area (Å²) in [4.78, 5) is 13.4. The van der Waals surface area contributed by atoms with E-state index >= 15 is 0 Å². The molecule has 1 aromatic carbocycles. The Balaban J connectivity index is 2.03. The molecule has 1 fully saturated rings. The standard InChI is InChI=1S/C13H17NO4/c15-6-5-11-8-14(13(17)9-18-11)7-10-3-1-2-4-12(10)16/h1-4,11,15-16H,5-9H2. The van der Waals surface area contributed by atoms with Crippen LogP contribution >= 0.6 is 0 Å². The van der Waals surface area contributed by atoms with Gasteiger partial charge in [0.25, 0.3) is 0 Å². The van der Waals surface area contributed by atoms with E-state index in [4.69, 9.17) is 9.84 Å². The summed E-state index contributed by atoms with van der Waals surface area (Å²) >= 11 is 0. The molecule has 0 spiro atoms. The first-order valence-electron chi connectivity index (χ1n) is 5.98. The molecule has 2 rings (SSSR count). The van der Waals surface area contributed by atoms with E-state index in [0.717, 1.165) is 5.56 Å². The Labute approximate surface area is 106 Å². The highest BCUT2D eigenvalue weighted by molar-refractivity contribution is 5.78. The summed E-state index contributed by atoms with van der Waals surface area (Å²) < 4.78 is 5.32. The molecule has 0 aromatic heterocycles. The first-order chi connectivity index (χ1) is 8.70. The molecule has 98 valence electrons. The summed E-state index contributed by atoms with van der Waals surface area (Å²) in [6, 6.07) is 6.96. The Morgan fingerprint density at radius 3 is 2.89 bits per heavy atom. The van der Waals surface area contributed by atoms with Crippen molar-refractivity contribution < 1.29 is 19.7 Å². The van der Waals surface area contributed by atoms with Crippen molar-refractivity contribution in [1.29, 1.82) is 0 Å². The lowest BCUT2D eigenvalue weighted by atomic mass is 10.1. The van der Waals surface area contributed by atoms with Gasteiger partial charge >= 0.3 is 0 Å². The molecule has 1 aliphatic rings. The third-order valence-electron chi connectivity index (χ3n) is 3.02. The van der Waals surface area contributed by atoms with Crippen molar-refractivity contribution in [2.45, 2.75) is 19.1 Å². The summed E-state index contributed by atoms with van der Waals surface area (Å²) in [5, 5.41) is 18.6. The first-order valence-corrected chi connectivity index (χ1v) is 5.98. The fourth-order valence-corrected chi connectivity index (χ4v) is 2.00. The van der Waals surface area contributed by atoms with Gasteiger partial charge in [0.1, 0.15) is 12.4 Å². The van der Waals surface area contributed by atoms with E-state index < -0.39 is 0 Å². The van der Waals surface area contributed by atoms with Crippen molar-refractivity contribution >= 4 is 5.91 Å². The molecule has 0 radical (unpaired) electrons. The highest BCUT2D eigenvalue weighted by Gasteiger charge is 2.26. The van der Waals surface area contributed by atoms with E-state index in [-0.39, 0.29) is 31.0 Å². The Morgan fingerprint density at radius 2 is 2.17 bits per heavy atom. The van der Waals surface area contributed by atoms with Crippen molar-refractivity contribution in [2.24, 2.45) is 0 Å². The number of ether oxygens (including phenoxy) is 1. The number of para-hydroxylation sites is 1. The van der Waals surface area contributed by atoms with Gasteiger partial charge in [0, 0.05) is 25.3 Å². The zero-order valence-electron chi connectivity index (χ0n) is 10.1. The maximum atomic E-state index is 11.7. The van der Waals surface area contributed by atoms with Crippen LogP contribution in [0.3, 0.4) is 0 Å². The minimum absolute atomic E-state index is 0.0399. The molecule has 1 heterocycles. The molecule has 0 bridgehead atoms. The number of morpholine rings is 1. The number of aromatic hydroxyl groups is 1. The van der Waals surface area contributed by atoms with Crippen LogP contribution in [0.25, 0.3) is 0 Å². The van der Waals surface area contributed by atoms with Gasteiger partial charge in [-0.2, -0.15) is 0 Å². The molecule has 1 amide bonds. The summed E-state index contributed by atoms with van der Waals surface area (Å²) in [6.07, 6.45) is 0.392. The zero-order chi connectivity index (χ0) is 13.0. The number of rotatable bonds is 4. The number of aliphatic hydroxyl groups excluding tert-OH is 1. The molecule has 1 saturated heterocycles. The molecular weight excluding hydrogens is 234 g/mol. The summed E-state index contributed by atoms with van der Waals surface area (Å²) in [5.41, 5.74) is 0.718. The third-order valence-corrected chi connectivity index (χ3v) is 3.02. The Hall–Kier alpha value is -1.59. The van der Waals surface area contributed by atoms with E-state index in [1.807, 2.05) is 6.07 Å². The zero-order valence-corrected chi connectivity index (χ0v) is 10.1. The number of hydrogen-bond donors (Lipinski definition) is 2. The Bertz CT molecular complexity index is 421. The van der Waals surface area contributed by atoms with Gasteiger partial charge in [-0.15, -0.1) is 0 Å². The molecule has 2 N–H and O–H groups in total. The van der Waals surface area contributed by atoms with E-state index in [1.54, 1.807) is 23.1 Å². The van der Waals surface area contributed by atoms with Crippen LogP contribution < -0.4 is 0 Å². The average Bonchev–Trinajstić information content (AvgIpc) is 2.36. The van der Waals surface area contributed by atoms with Crippen molar-refractivity contribution in [3.63, 3.8) is 0 Å². The van der Waals surface area contributed by atoms with Gasteiger partial charge in [0.2, 0.25) is 5.91 Å². The van der Waals surface area contributed by atoms with E-state index in [9.17, 15) is 9.90 Å². The second-order valence-electron chi connectivity index (χ2n) is 4.35. The summed E-state index contributed by atoms with van der Waals surface area (Å²) in [7, 11) is 0. The van der Waals surface area contributed by atoms with Gasteiger partial charge in [-0.05, 0) is 12.5 Å². The van der Waals surface area contributed by atoms with Gasteiger partial charge in [-0.1, -0.05) is 18.2 Å². The van der Waals surface area contributed by atoms with Gasteiger partial charge in [-0.3, -0.25) is 4.79 Å². The van der Waals surface area contributed by atoms with E-state index in [0.29, 0.717) is 19.5 Å². The Kier molecular flexibility index (Phi) is 4.17. The SMILES string of the molecule is O=C1COC(CCO)CN1Cc1ccccc1O. The molecule has 1 aliphatic heterocycles. The predicted octanol–water partition coefficient (Wildman–Crippen LogP) is 0.502. The minimum Gasteiger partial charge on any atom is -0.508 e. The lowest BCUT2D eigenvalue weighted by molar-refractivity contribution is -0.150. The quantitative estimate of drug-likeness (QED) is 0.817. The number of nitrogens with zero attached hydrogens (tertiary/aromatic N) is 1. The molecule has 1 unspecified atom stereocenters. The molecular formula is C13H17NO4. The number of phenols is 1. The number of benzene rings is 1. The highest BCUT2D eigenvalue weighted by atomic mass is 16.5. The number of aliphatic hydroxyl groups is 1. The third kappa shape index (κ3) is 3.00. The molecule has 1 aromatic rings. The topological polar surface area (TPSA) is 70.0 Å². The average molecular weight is 251 g/mol. The molecule has 1 atom stereocenters. The van der Waals surface area contributed by atoms with Crippen LogP contribution in [-0.4, -0.2) is 46.9 Å². The molecule has 5 heteroatoms. The normalized spacial score (nSPS) is 20.2. The number of amides is 1. The lowest BCUT2D eigenvalue weighted by Crippen LogP contribution is -2.46. The van der Waals surface area contributed by atoms with Gasteiger partial charge in [0.05, 0.1) is 6.10 Å². The van der Waals surface area contributed by atoms with Crippen molar-refractivity contribution in [3.05, 3.63) is 29.8 Å². The second-order valence-corrected chi connectivity index (χ2v) is 4.35. The first kappa shape index (κ1) is 12.9. The molecule has 18 heavy (non-hydrogen) atoms. The Morgan fingerprint density at radius 1 is 1.39 bits per heavy atom. The van der Waals surface area contributed by atoms with Crippen molar-refractivity contribution in [3.8, 4) is 5.75 Å². The minimum atomic E-state index is -0.126. The van der Waals surface area contributed by atoms with E-state index in [1.165, 1.54) is 0 Å². The fourth-order valence-electron chi connectivity index (χ4n) is 2.00. The van der Waals surface area contributed by atoms with Crippen LogP contribution in [0.15, 0.2) is 24.3 Å². The maximum absolute atomic E-state index is 11.7. The van der Waals surface area contributed by atoms with Crippen LogP contribution in [0.1, 0.15) is 12.0 Å². The highest BCUT2D eigenvalue weighted by Crippen LogP contribution is 2.20. The maximum Gasteiger partial charge on any atom is 0.248 e. The van der Waals surface area contributed by atoms with Crippen LogP contribution in [0.5, 0.6) is 5.75 Å². The van der Waals surface area contributed by atoms with Crippen LogP contribution in [0, 0.1) is 0 Å².